The molecule has 2 rings (SSSR count). The van der Waals surface area contributed by atoms with Gasteiger partial charge < -0.3 is 20.1 Å². The molecule has 0 spiro atoms. The number of aliphatic hydroxyl groups is 2. The highest BCUT2D eigenvalue weighted by Crippen LogP contribution is 2.16. The Morgan fingerprint density at radius 2 is 2.05 bits per heavy atom. The van der Waals surface area contributed by atoms with E-state index in [0.717, 1.165) is 11.3 Å². The van der Waals surface area contributed by atoms with Gasteiger partial charge in [-0.05, 0) is 31.5 Å². The number of benzene rings is 1. The number of nitrogens with zero attached hydrogens (tertiary/aromatic N) is 2. The highest BCUT2D eigenvalue weighted by Gasteiger charge is 2.19. The average molecular weight is 275 g/mol. The second kappa shape index (κ2) is 6.17. The number of hydrogen-bond donors (Lipinski definition) is 3. The van der Waals surface area contributed by atoms with Crippen molar-refractivity contribution >= 4 is 0 Å². The van der Waals surface area contributed by atoms with Crippen molar-refractivity contribution in [1.82, 2.24) is 14.9 Å². The molecular formula is C15H21N3O2. The fraction of sp³-hybridized carbons (Fsp3) is 0.400. The van der Waals surface area contributed by atoms with Gasteiger partial charge in [-0.2, -0.15) is 0 Å². The smallest absolute Gasteiger partial charge is 0.0991 e. The summed E-state index contributed by atoms with van der Waals surface area (Å²) >= 11 is 0. The van der Waals surface area contributed by atoms with E-state index in [9.17, 15) is 5.11 Å². The summed E-state index contributed by atoms with van der Waals surface area (Å²) in [7, 11) is 0. The minimum absolute atomic E-state index is 0.102. The van der Waals surface area contributed by atoms with Crippen LogP contribution < -0.4 is 5.32 Å². The molecule has 0 fully saturated rings. The van der Waals surface area contributed by atoms with Crippen LogP contribution in [-0.4, -0.2) is 38.5 Å². The molecule has 3 N–H and O–H groups in total. The van der Waals surface area contributed by atoms with Crippen LogP contribution in [0.1, 0.15) is 25.5 Å². The van der Waals surface area contributed by atoms with Crippen LogP contribution in [0.4, 0.5) is 0 Å². The number of nitrogens with one attached hydrogen (secondary N) is 1. The largest absolute Gasteiger partial charge is 0.393 e. The Kier molecular flexibility index (Phi) is 4.54. The Bertz CT molecular complexity index is 521. The summed E-state index contributed by atoms with van der Waals surface area (Å²) in [5.74, 6) is 0. The van der Waals surface area contributed by atoms with Crippen molar-refractivity contribution < 1.29 is 10.2 Å². The molecule has 0 radical (unpaired) electrons. The van der Waals surface area contributed by atoms with Gasteiger partial charge in [-0.1, -0.05) is 12.1 Å². The van der Waals surface area contributed by atoms with Gasteiger partial charge in [0.1, 0.15) is 0 Å². The topological polar surface area (TPSA) is 70.3 Å². The standard InChI is InChI=1S/C15H21N3O2/c1-12(17-9-15(2,20)10-19)13-3-5-14(6-4-13)18-8-7-16-11-18/h3-8,11-12,17,19-20H,9-10H2,1-2H3. The van der Waals surface area contributed by atoms with Crippen molar-refractivity contribution in [2.45, 2.75) is 25.5 Å². The zero-order chi connectivity index (χ0) is 14.6. The highest BCUT2D eigenvalue weighted by atomic mass is 16.3. The van der Waals surface area contributed by atoms with Gasteiger partial charge in [0.2, 0.25) is 0 Å². The van der Waals surface area contributed by atoms with Gasteiger partial charge in [-0.25, -0.2) is 4.98 Å². The van der Waals surface area contributed by atoms with Crippen LogP contribution in [0.25, 0.3) is 5.69 Å². The molecule has 0 saturated heterocycles. The number of rotatable bonds is 6. The summed E-state index contributed by atoms with van der Waals surface area (Å²) < 4.78 is 1.94. The van der Waals surface area contributed by atoms with Crippen molar-refractivity contribution in [3.8, 4) is 5.69 Å². The van der Waals surface area contributed by atoms with E-state index in [1.165, 1.54) is 0 Å². The fourth-order valence-corrected chi connectivity index (χ4v) is 1.89. The molecule has 0 amide bonds. The lowest BCUT2D eigenvalue weighted by atomic mass is 10.1. The van der Waals surface area contributed by atoms with E-state index in [4.69, 9.17) is 5.11 Å². The first kappa shape index (κ1) is 14.7. The molecule has 0 aliphatic heterocycles. The summed E-state index contributed by atoms with van der Waals surface area (Å²) in [6.45, 7) is 3.72. The number of aromatic nitrogens is 2. The molecule has 0 saturated carbocycles. The van der Waals surface area contributed by atoms with Crippen LogP contribution in [0.2, 0.25) is 0 Å². The van der Waals surface area contributed by atoms with Gasteiger partial charge in [-0.15, -0.1) is 0 Å². The normalized spacial score (nSPS) is 15.8. The second-order valence-electron chi connectivity index (χ2n) is 5.32. The Balaban J connectivity index is 1.99. The van der Waals surface area contributed by atoms with E-state index in [2.05, 4.69) is 10.3 Å². The second-order valence-corrected chi connectivity index (χ2v) is 5.32. The summed E-state index contributed by atoms with van der Waals surface area (Å²) in [6, 6.07) is 8.24. The van der Waals surface area contributed by atoms with Crippen LogP contribution in [0.3, 0.4) is 0 Å². The summed E-state index contributed by atoms with van der Waals surface area (Å²) in [4.78, 5) is 4.02. The molecule has 2 aromatic rings. The zero-order valence-electron chi connectivity index (χ0n) is 11.8. The van der Waals surface area contributed by atoms with E-state index >= 15 is 0 Å². The van der Waals surface area contributed by atoms with Crippen LogP contribution in [0.5, 0.6) is 0 Å². The van der Waals surface area contributed by atoms with E-state index in [-0.39, 0.29) is 12.6 Å². The summed E-state index contributed by atoms with van der Waals surface area (Å²) in [5.41, 5.74) is 1.09. The highest BCUT2D eigenvalue weighted by molar-refractivity contribution is 5.35. The van der Waals surface area contributed by atoms with Crippen LogP contribution in [-0.2, 0) is 0 Å². The summed E-state index contributed by atoms with van der Waals surface area (Å²) in [5, 5.41) is 22.0. The van der Waals surface area contributed by atoms with Crippen LogP contribution in [0, 0.1) is 0 Å². The lowest BCUT2D eigenvalue weighted by Gasteiger charge is -2.24. The molecule has 1 heterocycles. The molecule has 5 nitrogen and oxygen atoms in total. The van der Waals surface area contributed by atoms with Crippen molar-refractivity contribution in [3.63, 3.8) is 0 Å². The van der Waals surface area contributed by atoms with E-state index in [1.807, 2.05) is 42.0 Å². The van der Waals surface area contributed by atoms with Gasteiger partial charge in [0.25, 0.3) is 0 Å². The third-order valence-electron chi connectivity index (χ3n) is 3.33. The molecule has 108 valence electrons. The number of imidazole rings is 1. The maximum absolute atomic E-state index is 9.77. The number of hydrogen-bond acceptors (Lipinski definition) is 4. The minimum atomic E-state index is -1.09. The lowest BCUT2D eigenvalue weighted by Crippen LogP contribution is -2.41. The molecule has 20 heavy (non-hydrogen) atoms. The Hall–Kier alpha value is -1.69. The molecule has 0 aliphatic rings. The third kappa shape index (κ3) is 3.66. The zero-order valence-corrected chi connectivity index (χ0v) is 11.8. The fourth-order valence-electron chi connectivity index (χ4n) is 1.89. The molecule has 0 bridgehead atoms. The van der Waals surface area contributed by atoms with Gasteiger partial charge >= 0.3 is 0 Å². The van der Waals surface area contributed by atoms with Crippen molar-refractivity contribution in [2.24, 2.45) is 0 Å². The average Bonchev–Trinajstić information content (AvgIpc) is 2.99. The van der Waals surface area contributed by atoms with Crippen LogP contribution >= 0.6 is 0 Å². The quantitative estimate of drug-likeness (QED) is 0.742. The van der Waals surface area contributed by atoms with Crippen molar-refractivity contribution in [2.75, 3.05) is 13.2 Å². The number of aliphatic hydroxyl groups excluding tert-OH is 1. The van der Waals surface area contributed by atoms with E-state index in [1.54, 1.807) is 19.4 Å². The minimum Gasteiger partial charge on any atom is -0.393 e. The molecule has 5 heteroatoms. The Morgan fingerprint density at radius 3 is 2.60 bits per heavy atom. The monoisotopic (exact) mass is 275 g/mol. The molecular weight excluding hydrogens is 254 g/mol. The van der Waals surface area contributed by atoms with Crippen molar-refractivity contribution in [1.29, 1.82) is 0 Å². The van der Waals surface area contributed by atoms with Gasteiger partial charge in [0, 0.05) is 30.7 Å². The van der Waals surface area contributed by atoms with E-state index in [0.29, 0.717) is 6.54 Å². The van der Waals surface area contributed by atoms with Gasteiger partial charge in [0.05, 0.1) is 18.5 Å². The predicted octanol–water partition coefficient (Wildman–Crippen LogP) is 1.27. The van der Waals surface area contributed by atoms with Crippen molar-refractivity contribution in [3.05, 3.63) is 48.5 Å². The first-order valence-corrected chi connectivity index (χ1v) is 6.67. The molecule has 1 aromatic heterocycles. The summed E-state index contributed by atoms with van der Waals surface area (Å²) in [6.07, 6.45) is 5.40. The first-order valence-electron chi connectivity index (χ1n) is 6.67. The lowest BCUT2D eigenvalue weighted by molar-refractivity contribution is 0.00106. The van der Waals surface area contributed by atoms with Gasteiger partial charge in [-0.3, -0.25) is 0 Å². The van der Waals surface area contributed by atoms with Crippen LogP contribution in [0.15, 0.2) is 43.0 Å². The molecule has 2 atom stereocenters. The van der Waals surface area contributed by atoms with E-state index < -0.39 is 5.60 Å². The predicted molar refractivity (Wildman–Crippen MR) is 77.7 cm³/mol. The van der Waals surface area contributed by atoms with Gasteiger partial charge in [0.15, 0.2) is 0 Å². The molecule has 2 unspecified atom stereocenters. The molecule has 1 aromatic carbocycles. The maximum Gasteiger partial charge on any atom is 0.0991 e. The first-order chi connectivity index (χ1) is 9.52. The maximum atomic E-state index is 9.77. The molecule has 0 aliphatic carbocycles. The third-order valence-corrected chi connectivity index (χ3v) is 3.33. The Morgan fingerprint density at radius 1 is 1.35 bits per heavy atom. The SMILES string of the molecule is CC(NCC(C)(O)CO)c1ccc(-n2ccnc2)cc1. The Labute approximate surface area is 118 Å².